The zero-order valence-electron chi connectivity index (χ0n) is 9.66. The van der Waals surface area contributed by atoms with Gasteiger partial charge in [-0.2, -0.15) is 0 Å². The fraction of sp³-hybridized carbons (Fsp3) is 0.818. The minimum absolute atomic E-state index is 0.0412. The standard InChI is InChI=1S/C11H24O2S/c1-5-8-11(4)14(13,7-3,10-12)9-6-2/h7,11-12H,3,5-6,8-10H2,1-2,4H3. The lowest BCUT2D eigenvalue weighted by Gasteiger charge is -2.42. The van der Waals surface area contributed by atoms with Gasteiger partial charge in [0.2, 0.25) is 0 Å². The highest BCUT2D eigenvalue weighted by atomic mass is 32.3. The summed E-state index contributed by atoms with van der Waals surface area (Å²) in [7, 11) is -3.01. The first-order valence-electron chi connectivity index (χ1n) is 5.34. The Morgan fingerprint density at radius 2 is 2.00 bits per heavy atom. The van der Waals surface area contributed by atoms with Crippen molar-refractivity contribution in [3.05, 3.63) is 12.0 Å². The third-order valence-electron chi connectivity index (χ3n) is 3.02. The Morgan fingerprint density at radius 3 is 2.29 bits per heavy atom. The van der Waals surface area contributed by atoms with E-state index in [1.807, 2.05) is 13.8 Å². The van der Waals surface area contributed by atoms with Crippen molar-refractivity contribution in [3.8, 4) is 0 Å². The molecule has 0 saturated carbocycles. The van der Waals surface area contributed by atoms with Gasteiger partial charge in [0.15, 0.2) is 0 Å². The van der Waals surface area contributed by atoms with Gasteiger partial charge in [-0.05, 0) is 18.2 Å². The van der Waals surface area contributed by atoms with E-state index in [2.05, 4.69) is 13.5 Å². The van der Waals surface area contributed by atoms with E-state index in [9.17, 15) is 9.32 Å². The summed E-state index contributed by atoms with van der Waals surface area (Å²) in [5.41, 5.74) is 0. The summed E-state index contributed by atoms with van der Waals surface area (Å²) in [5.74, 6) is 0.327. The molecule has 0 radical (unpaired) electrons. The summed E-state index contributed by atoms with van der Waals surface area (Å²) in [6.07, 6.45) is 2.71. The molecule has 1 atom stereocenters. The molecule has 0 aromatic rings. The Bertz CT molecular complexity index is 248. The van der Waals surface area contributed by atoms with E-state index < -0.39 is 9.07 Å². The average molecular weight is 220 g/mol. The highest BCUT2D eigenvalue weighted by Gasteiger charge is 2.37. The van der Waals surface area contributed by atoms with Gasteiger partial charge in [0, 0.05) is 11.0 Å². The van der Waals surface area contributed by atoms with Crippen molar-refractivity contribution in [2.24, 2.45) is 0 Å². The van der Waals surface area contributed by atoms with Crippen molar-refractivity contribution >= 4 is 9.07 Å². The number of hydrogen-bond acceptors (Lipinski definition) is 2. The lowest BCUT2D eigenvalue weighted by atomic mass is 10.3. The molecule has 2 nitrogen and oxygen atoms in total. The lowest BCUT2D eigenvalue weighted by molar-refractivity contribution is 0.359. The third-order valence-corrected chi connectivity index (χ3v) is 7.91. The van der Waals surface area contributed by atoms with Crippen LogP contribution in [-0.2, 0) is 9.07 Å². The summed E-state index contributed by atoms with van der Waals surface area (Å²) in [6, 6.07) is 0. The fourth-order valence-corrected chi connectivity index (χ4v) is 4.96. The summed E-state index contributed by atoms with van der Waals surface area (Å²) in [6.45, 7) is 9.70. The zero-order valence-corrected chi connectivity index (χ0v) is 10.5. The van der Waals surface area contributed by atoms with Gasteiger partial charge < -0.3 is 5.11 Å². The van der Waals surface area contributed by atoms with Crippen LogP contribution in [0.15, 0.2) is 12.0 Å². The van der Waals surface area contributed by atoms with Crippen LogP contribution in [0.3, 0.4) is 0 Å². The molecule has 86 valence electrons. The Balaban J connectivity index is 5.04. The number of aliphatic hydroxyl groups is 1. The van der Waals surface area contributed by atoms with E-state index in [0.717, 1.165) is 19.3 Å². The molecule has 0 fully saturated rings. The Labute approximate surface area is 87.8 Å². The van der Waals surface area contributed by atoms with Crippen LogP contribution >= 0.6 is 0 Å². The van der Waals surface area contributed by atoms with Gasteiger partial charge in [-0.1, -0.05) is 42.8 Å². The lowest BCUT2D eigenvalue weighted by Crippen LogP contribution is -2.46. The van der Waals surface area contributed by atoms with Crippen LogP contribution in [0, 0.1) is 0 Å². The molecule has 1 unspecified atom stereocenters. The molecule has 0 bridgehead atoms. The molecule has 14 heavy (non-hydrogen) atoms. The molecule has 0 heterocycles. The van der Waals surface area contributed by atoms with E-state index >= 15 is 0 Å². The predicted octanol–water partition coefficient (Wildman–Crippen LogP) is 2.50. The molecule has 0 rings (SSSR count). The second-order valence-electron chi connectivity index (χ2n) is 4.03. The van der Waals surface area contributed by atoms with E-state index in [0.29, 0.717) is 5.75 Å². The van der Waals surface area contributed by atoms with E-state index in [-0.39, 0.29) is 11.2 Å². The van der Waals surface area contributed by atoms with E-state index in [1.165, 1.54) is 5.41 Å². The van der Waals surface area contributed by atoms with Crippen molar-refractivity contribution in [1.29, 1.82) is 0 Å². The monoisotopic (exact) mass is 220 g/mol. The fourth-order valence-electron chi connectivity index (χ4n) is 1.85. The highest BCUT2D eigenvalue weighted by molar-refractivity contribution is 8.22. The van der Waals surface area contributed by atoms with Gasteiger partial charge in [0.1, 0.15) is 5.94 Å². The SMILES string of the molecule is C=CS(=O)(CO)(CCC)C(C)CCC. The molecule has 0 aromatic carbocycles. The molecule has 1 N–H and O–H groups in total. The van der Waals surface area contributed by atoms with Gasteiger partial charge in [-0.25, -0.2) is 0 Å². The molecule has 3 heteroatoms. The van der Waals surface area contributed by atoms with Crippen LogP contribution in [0.5, 0.6) is 0 Å². The molecule has 0 aliphatic carbocycles. The van der Waals surface area contributed by atoms with Gasteiger partial charge >= 0.3 is 0 Å². The molecular weight excluding hydrogens is 196 g/mol. The van der Waals surface area contributed by atoms with Crippen molar-refractivity contribution < 1.29 is 9.32 Å². The maximum absolute atomic E-state index is 12.8. The number of aliphatic hydroxyl groups excluding tert-OH is 1. The zero-order chi connectivity index (χ0) is 11.3. The quantitative estimate of drug-likeness (QED) is 0.716. The molecule has 0 aliphatic heterocycles. The maximum Gasteiger partial charge on any atom is 0.102 e. The van der Waals surface area contributed by atoms with Crippen LogP contribution in [0.2, 0.25) is 0 Å². The minimum Gasteiger partial charge on any atom is -0.385 e. The summed E-state index contributed by atoms with van der Waals surface area (Å²) >= 11 is 0. The highest BCUT2D eigenvalue weighted by Crippen LogP contribution is 2.35. The van der Waals surface area contributed by atoms with Gasteiger partial charge in [-0.15, -0.1) is 0 Å². The van der Waals surface area contributed by atoms with Crippen LogP contribution in [0.25, 0.3) is 0 Å². The smallest absolute Gasteiger partial charge is 0.102 e. The first-order chi connectivity index (χ1) is 6.47. The normalized spacial score (nSPS) is 17.0. The van der Waals surface area contributed by atoms with E-state index in [4.69, 9.17) is 0 Å². The maximum atomic E-state index is 12.8. The summed E-state index contributed by atoms with van der Waals surface area (Å²) < 4.78 is 12.8. The predicted molar refractivity (Wildman–Crippen MR) is 65.0 cm³/mol. The second kappa shape index (κ2) is 5.08. The van der Waals surface area contributed by atoms with Crippen molar-refractivity contribution in [1.82, 2.24) is 0 Å². The Hall–Kier alpha value is -0.150. The molecule has 0 spiro atoms. The van der Waals surface area contributed by atoms with Crippen molar-refractivity contribution in [2.75, 3.05) is 11.7 Å². The molecule has 0 aliphatic rings. The van der Waals surface area contributed by atoms with Gasteiger partial charge in [0.25, 0.3) is 0 Å². The van der Waals surface area contributed by atoms with Crippen molar-refractivity contribution in [2.45, 2.75) is 45.3 Å². The minimum atomic E-state index is -3.01. The second-order valence-corrected chi connectivity index (χ2v) is 8.71. The van der Waals surface area contributed by atoms with Crippen LogP contribution < -0.4 is 0 Å². The third kappa shape index (κ3) is 2.45. The summed E-state index contributed by atoms with van der Waals surface area (Å²) in [5, 5.41) is 11.0. The summed E-state index contributed by atoms with van der Waals surface area (Å²) in [4.78, 5) is 0. The van der Waals surface area contributed by atoms with E-state index in [1.54, 1.807) is 0 Å². The van der Waals surface area contributed by atoms with Crippen molar-refractivity contribution in [3.63, 3.8) is 0 Å². The first kappa shape index (κ1) is 13.8. The topological polar surface area (TPSA) is 37.3 Å². The number of hydrogen-bond donors (Lipinski definition) is 1. The molecule has 0 amide bonds. The van der Waals surface area contributed by atoms with Crippen LogP contribution in [0.1, 0.15) is 40.0 Å². The molecule has 0 aromatic heterocycles. The Morgan fingerprint density at radius 1 is 1.43 bits per heavy atom. The molecular formula is C11H24O2S. The average Bonchev–Trinajstić information content (AvgIpc) is 2.19. The van der Waals surface area contributed by atoms with Crippen LogP contribution in [0.4, 0.5) is 0 Å². The molecule has 0 saturated heterocycles. The van der Waals surface area contributed by atoms with Gasteiger partial charge in [0.05, 0.1) is 0 Å². The Kier molecular flexibility index (Phi) is 5.02. The largest absolute Gasteiger partial charge is 0.385 e. The van der Waals surface area contributed by atoms with Gasteiger partial charge in [-0.3, -0.25) is 4.21 Å². The van der Waals surface area contributed by atoms with Crippen LogP contribution in [-0.4, -0.2) is 26.3 Å². The first-order valence-corrected chi connectivity index (χ1v) is 7.77. The number of rotatable bonds is 7.